The van der Waals surface area contributed by atoms with Crippen molar-refractivity contribution in [3.8, 4) is 0 Å². The largest absolute Gasteiger partial charge is 0.465 e. The van der Waals surface area contributed by atoms with Gasteiger partial charge < -0.3 is 10.1 Å². The summed E-state index contributed by atoms with van der Waals surface area (Å²) < 4.78 is 5.19. The van der Waals surface area contributed by atoms with Crippen LogP contribution in [0.4, 0.5) is 0 Å². The molecule has 1 amide bonds. The molecular formula is C17H19NO3S. The first-order valence-corrected chi connectivity index (χ1v) is 8.07. The lowest BCUT2D eigenvalue weighted by Crippen LogP contribution is -2.34. The SMILES string of the molecule is CC(CC(=O)OCCc1cccs1)NC(=O)c1ccccc1. The van der Waals surface area contributed by atoms with E-state index >= 15 is 0 Å². The number of amides is 1. The van der Waals surface area contributed by atoms with Gasteiger partial charge in [0.15, 0.2) is 0 Å². The Labute approximate surface area is 134 Å². The Morgan fingerprint density at radius 2 is 1.95 bits per heavy atom. The van der Waals surface area contributed by atoms with Crippen LogP contribution in [0, 0.1) is 0 Å². The third-order valence-electron chi connectivity index (χ3n) is 3.08. The average Bonchev–Trinajstić information content (AvgIpc) is 3.01. The number of hydrogen-bond donors (Lipinski definition) is 1. The first kappa shape index (κ1) is 16.2. The summed E-state index contributed by atoms with van der Waals surface area (Å²) in [6, 6.07) is 12.7. The molecule has 1 unspecified atom stereocenters. The molecule has 0 aliphatic rings. The van der Waals surface area contributed by atoms with Gasteiger partial charge in [-0.3, -0.25) is 9.59 Å². The van der Waals surface area contributed by atoms with Gasteiger partial charge in [0.1, 0.15) is 0 Å². The van der Waals surface area contributed by atoms with Crippen molar-refractivity contribution in [3.63, 3.8) is 0 Å². The smallest absolute Gasteiger partial charge is 0.307 e. The molecule has 1 atom stereocenters. The van der Waals surface area contributed by atoms with Crippen LogP contribution in [0.1, 0.15) is 28.6 Å². The molecule has 5 heteroatoms. The maximum atomic E-state index is 11.9. The number of hydrogen-bond acceptors (Lipinski definition) is 4. The van der Waals surface area contributed by atoms with Crippen LogP contribution >= 0.6 is 11.3 Å². The van der Waals surface area contributed by atoms with Gasteiger partial charge in [0.25, 0.3) is 5.91 Å². The van der Waals surface area contributed by atoms with E-state index in [9.17, 15) is 9.59 Å². The van der Waals surface area contributed by atoms with Crippen LogP contribution in [0.3, 0.4) is 0 Å². The molecule has 1 aromatic carbocycles. The van der Waals surface area contributed by atoms with Crippen molar-refractivity contribution in [3.05, 3.63) is 58.3 Å². The minimum atomic E-state index is -0.294. The molecular weight excluding hydrogens is 298 g/mol. The average molecular weight is 317 g/mol. The molecule has 22 heavy (non-hydrogen) atoms. The maximum Gasteiger partial charge on any atom is 0.307 e. The second-order valence-electron chi connectivity index (χ2n) is 4.99. The zero-order valence-electron chi connectivity index (χ0n) is 12.5. The van der Waals surface area contributed by atoms with Crippen molar-refractivity contribution in [2.45, 2.75) is 25.8 Å². The summed E-state index contributed by atoms with van der Waals surface area (Å²) in [6.45, 7) is 2.17. The number of thiophene rings is 1. The number of rotatable bonds is 7. The molecule has 0 saturated carbocycles. The van der Waals surface area contributed by atoms with E-state index in [0.717, 1.165) is 6.42 Å². The molecule has 2 rings (SSSR count). The van der Waals surface area contributed by atoms with Gasteiger partial charge in [-0.2, -0.15) is 0 Å². The minimum Gasteiger partial charge on any atom is -0.465 e. The molecule has 1 aromatic heterocycles. The summed E-state index contributed by atoms with van der Waals surface area (Å²) in [4.78, 5) is 24.9. The molecule has 1 heterocycles. The van der Waals surface area contributed by atoms with Crippen LogP contribution < -0.4 is 5.32 Å². The fourth-order valence-corrected chi connectivity index (χ4v) is 2.67. The molecule has 116 valence electrons. The lowest BCUT2D eigenvalue weighted by Gasteiger charge is -2.13. The van der Waals surface area contributed by atoms with Crippen molar-refractivity contribution >= 4 is 23.2 Å². The topological polar surface area (TPSA) is 55.4 Å². The number of nitrogens with one attached hydrogen (secondary N) is 1. The summed E-state index contributed by atoms with van der Waals surface area (Å²) in [5.41, 5.74) is 0.584. The second-order valence-corrected chi connectivity index (χ2v) is 6.03. The van der Waals surface area contributed by atoms with Gasteiger partial charge in [-0.25, -0.2) is 0 Å². The van der Waals surface area contributed by atoms with Crippen LogP contribution in [-0.4, -0.2) is 24.5 Å². The van der Waals surface area contributed by atoms with E-state index in [0.29, 0.717) is 12.2 Å². The molecule has 0 aliphatic heterocycles. The highest BCUT2D eigenvalue weighted by molar-refractivity contribution is 7.09. The first-order chi connectivity index (χ1) is 10.6. The summed E-state index contributed by atoms with van der Waals surface area (Å²) >= 11 is 1.65. The van der Waals surface area contributed by atoms with Crippen molar-refractivity contribution in [2.24, 2.45) is 0 Å². The van der Waals surface area contributed by atoms with E-state index in [1.807, 2.05) is 23.6 Å². The van der Waals surface area contributed by atoms with Gasteiger partial charge in [-0.05, 0) is 30.5 Å². The Bertz CT molecular complexity index is 596. The monoisotopic (exact) mass is 317 g/mol. The lowest BCUT2D eigenvalue weighted by molar-refractivity contribution is -0.143. The third-order valence-corrected chi connectivity index (χ3v) is 4.01. The van der Waals surface area contributed by atoms with Crippen LogP contribution in [0.25, 0.3) is 0 Å². The highest BCUT2D eigenvalue weighted by Crippen LogP contribution is 2.09. The number of carbonyl (C=O) groups is 2. The molecule has 0 aliphatic carbocycles. The summed E-state index contributed by atoms with van der Waals surface area (Å²) in [5.74, 6) is -0.475. The number of carbonyl (C=O) groups excluding carboxylic acids is 2. The minimum absolute atomic E-state index is 0.170. The van der Waals surface area contributed by atoms with Gasteiger partial charge in [0.2, 0.25) is 0 Å². The fourth-order valence-electron chi connectivity index (χ4n) is 1.98. The lowest BCUT2D eigenvalue weighted by atomic mass is 10.2. The Balaban J connectivity index is 1.68. The summed E-state index contributed by atoms with van der Waals surface area (Å²) in [7, 11) is 0. The number of esters is 1. The number of ether oxygens (including phenoxy) is 1. The van der Waals surface area contributed by atoms with Crippen molar-refractivity contribution in [1.82, 2.24) is 5.32 Å². The second kappa shape index (κ2) is 8.34. The highest BCUT2D eigenvalue weighted by Gasteiger charge is 2.14. The molecule has 0 bridgehead atoms. The highest BCUT2D eigenvalue weighted by atomic mass is 32.1. The van der Waals surface area contributed by atoms with Gasteiger partial charge in [0.05, 0.1) is 13.0 Å². The van der Waals surface area contributed by atoms with Crippen molar-refractivity contribution in [2.75, 3.05) is 6.61 Å². The van der Waals surface area contributed by atoms with Gasteiger partial charge in [-0.1, -0.05) is 24.3 Å². The molecule has 4 nitrogen and oxygen atoms in total. The zero-order valence-corrected chi connectivity index (χ0v) is 13.3. The third kappa shape index (κ3) is 5.33. The van der Waals surface area contributed by atoms with Gasteiger partial charge in [0, 0.05) is 22.9 Å². The summed E-state index contributed by atoms with van der Waals surface area (Å²) in [6.07, 6.45) is 0.900. The fraction of sp³-hybridized carbons (Fsp3) is 0.294. The van der Waals surface area contributed by atoms with Crippen molar-refractivity contribution in [1.29, 1.82) is 0 Å². The molecule has 1 N–H and O–H groups in total. The van der Waals surface area contributed by atoms with Gasteiger partial charge in [-0.15, -0.1) is 11.3 Å². The Morgan fingerprint density at radius 3 is 2.64 bits per heavy atom. The predicted molar refractivity (Wildman–Crippen MR) is 87.0 cm³/mol. The van der Waals surface area contributed by atoms with E-state index in [1.165, 1.54) is 4.88 Å². The van der Waals surface area contributed by atoms with Crippen LogP contribution in [0.15, 0.2) is 47.8 Å². The quantitative estimate of drug-likeness (QED) is 0.799. The first-order valence-electron chi connectivity index (χ1n) is 7.19. The number of benzene rings is 1. The maximum absolute atomic E-state index is 11.9. The van der Waals surface area contributed by atoms with Crippen LogP contribution in [-0.2, 0) is 16.0 Å². The van der Waals surface area contributed by atoms with E-state index in [2.05, 4.69) is 5.32 Å². The normalized spacial score (nSPS) is 11.7. The molecule has 0 radical (unpaired) electrons. The molecule has 0 spiro atoms. The molecule has 0 fully saturated rings. The Morgan fingerprint density at radius 1 is 1.18 bits per heavy atom. The Hall–Kier alpha value is -2.14. The standard InChI is InChI=1S/C17H19NO3S/c1-13(18-17(20)14-6-3-2-4-7-14)12-16(19)21-10-9-15-8-5-11-22-15/h2-8,11,13H,9-10,12H2,1H3,(H,18,20). The van der Waals surface area contributed by atoms with Crippen molar-refractivity contribution < 1.29 is 14.3 Å². The van der Waals surface area contributed by atoms with E-state index in [4.69, 9.17) is 4.74 Å². The molecule has 0 saturated heterocycles. The van der Waals surface area contributed by atoms with Crippen LogP contribution in [0.2, 0.25) is 0 Å². The van der Waals surface area contributed by atoms with Gasteiger partial charge >= 0.3 is 5.97 Å². The van der Waals surface area contributed by atoms with Crippen LogP contribution in [0.5, 0.6) is 0 Å². The zero-order chi connectivity index (χ0) is 15.8. The predicted octanol–water partition coefficient (Wildman–Crippen LogP) is 3.04. The van der Waals surface area contributed by atoms with E-state index in [1.54, 1.807) is 42.5 Å². The summed E-state index contributed by atoms with van der Waals surface area (Å²) in [5, 5.41) is 4.79. The molecule has 2 aromatic rings. The van der Waals surface area contributed by atoms with E-state index in [-0.39, 0.29) is 24.3 Å². The Kier molecular flexibility index (Phi) is 6.15. The van der Waals surface area contributed by atoms with E-state index < -0.39 is 0 Å².